The molecule has 20 heavy (non-hydrogen) atoms. The summed E-state index contributed by atoms with van der Waals surface area (Å²) in [6.07, 6.45) is 3.81. The summed E-state index contributed by atoms with van der Waals surface area (Å²) >= 11 is 0. The summed E-state index contributed by atoms with van der Waals surface area (Å²) in [4.78, 5) is 8.96. The molecule has 1 aromatic carbocycles. The minimum Gasteiger partial charge on any atom is -0.312 e. The average molecular weight is 267 g/mol. The number of benzene rings is 1. The van der Waals surface area contributed by atoms with Crippen molar-refractivity contribution in [3.63, 3.8) is 0 Å². The first-order chi connectivity index (χ1) is 9.74. The Morgan fingerprint density at radius 1 is 1.25 bits per heavy atom. The Kier molecular flexibility index (Phi) is 3.79. The summed E-state index contributed by atoms with van der Waals surface area (Å²) in [6, 6.07) is 8.77. The fourth-order valence-corrected chi connectivity index (χ4v) is 2.84. The van der Waals surface area contributed by atoms with Gasteiger partial charge in [0.25, 0.3) is 0 Å². The van der Waals surface area contributed by atoms with E-state index in [1.165, 1.54) is 22.4 Å². The summed E-state index contributed by atoms with van der Waals surface area (Å²) < 4.78 is 0. The van der Waals surface area contributed by atoms with Gasteiger partial charge in [0.2, 0.25) is 0 Å². The molecule has 3 nitrogen and oxygen atoms in total. The minimum atomic E-state index is 0.672. The van der Waals surface area contributed by atoms with Gasteiger partial charge < -0.3 is 5.32 Å². The van der Waals surface area contributed by atoms with Gasteiger partial charge in [0.1, 0.15) is 6.33 Å². The van der Waals surface area contributed by atoms with Crippen molar-refractivity contribution < 1.29 is 0 Å². The summed E-state index contributed by atoms with van der Waals surface area (Å²) in [5.41, 5.74) is 6.15. The number of nitrogens with one attached hydrogen (secondary N) is 1. The van der Waals surface area contributed by atoms with Gasteiger partial charge in [-0.2, -0.15) is 0 Å². The number of rotatable bonds is 3. The van der Waals surface area contributed by atoms with E-state index in [1.807, 2.05) is 0 Å². The van der Waals surface area contributed by atoms with Crippen molar-refractivity contribution in [3.8, 4) is 11.3 Å². The van der Waals surface area contributed by atoms with Crippen LogP contribution in [0.3, 0.4) is 0 Å². The second-order valence-corrected chi connectivity index (χ2v) is 5.87. The molecular formula is C17H21N3. The lowest BCUT2D eigenvalue weighted by atomic mass is 9.96. The van der Waals surface area contributed by atoms with E-state index in [0.717, 1.165) is 31.6 Å². The molecule has 0 saturated carbocycles. The number of fused-ring (bicyclic) bond motifs is 1. The van der Waals surface area contributed by atoms with Gasteiger partial charge >= 0.3 is 0 Å². The van der Waals surface area contributed by atoms with Gasteiger partial charge in [0.15, 0.2) is 0 Å². The lowest BCUT2D eigenvalue weighted by molar-refractivity contribution is 0.627. The maximum Gasteiger partial charge on any atom is 0.116 e. The molecule has 0 atom stereocenters. The van der Waals surface area contributed by atoms with Gasteiger partial charge in [-0.25, -0.2) is 9.97 Å². The molecule has 0 unspecified atom stereocenters. The maximum absolute atomic E-state index is 4.53. The highest BCUT2D eigenvalue weighted by Crippen LogP contribution is 2.26. The van der Waals surface area contributed by atoms with Crippen molar-refractivity contribution in [1.82, 2.24) is 15.3 Å². The molecule has 3 heteroatoms. The second kappa shape index (κ2) is 5.71. The predicted molar refractivity (Wildman–Crippen MR) is 81.4 cm³/mol. The van der Waals surface area contributed by atoms with Crippen molar-refractivity contribution in [1.29, 1.82) is 0 Å². The molecule has 3 rings (SSSR count). The molecule has 0 fully saturated rings. The second-order valence-electron chi connectivity index (χ2n) is 5.87. The molecule has 2 heterocycles. The zero-order valence-electron chi connectivity index (χ0n) is 12.2. The van der Waals surface area contributed by atoms with Crippen LogP contribution in [0, 0.1) is 5.92 Å². The van der Waals surface area contributed by atoms with Crippen LogP contribution in [-0.4, -0.2) is 16.5 Å². The van der Waals surface area contributed by atoms with E-state index < -0.39 is 0 Å². The first-order valence-electron chi connectivity index (χ1n) is 7.37. The molecule has 0 spiro atoms. The van der Waals surface area contributed by atoms with Gasteiger partial charge in [-0.15, -0.1) is 0 Å². The van der Waals surface area contributed by atoms with Gasteiger partial charge in [-0.05, 0) is 24.0 Å². The third-order valence-electron chi connectivity index (χ3n) is 3.72. The van der Waals surface area contributed by atoms with Crippen LogP contribution >= 0.6 is 0 Å². The fraction of sp³-hybridized carbons (Fsp3) is 0.412. The van der Waals surface area contributed by atoms with Crippen LogP contribution in [-0.2, 0) is 19.4 Å². The minimum absolute atomic E-state index is 0.672. The van der Waals surface area contributed by atoms with Crippen LogP contribution in [0.4, 0.5) is 0 Å². The topological polar surface area (TPSA) is 37.8 Å². The van der Waals surface area contributed by atoms with Crippen LogP contribution in [0.5, 0.6) is 0 Å². The van der Waals surface area contributed by atoms with Crippen molar-refractivity contribution >= 4 is 0 Å². The summed E-state index contributed by atoms with van der Waals surface area (Å²) in [5.74, 6) is 0.672. The molecule has 104 valence electrons. The van der Waals surface area contributed by atoms with Crippen LogP contribution in [0.15, 0.2) is 30.6 Å². The summed E-state index contributed by atoms with van der Waals surface area (Å²) in [7, 11) is 0. The van der Waals surface area contributed by atoms with Crippen LogP contribution in [0.2, 0.25) is 0 Å². The average Bonchev–Trinajstić information content (AvgIpc) is 2.46. The van der Waals surface area contributed by atoms with Gasteiger partial charge in [0.05, 0.1) is 11.4 Å². The van der Waals surface area contributed by atoms with Crippen molar-refractivity contribution in [2.24, 2.45) is 5.92 Å². The Morgan fingerprint density at radius 2 is 2.15 bits per heavy atom. The summed E-state index contributed by atoms with van der Waals surface area (Å²) in [5, 5.41) is 3.42. The molecule has 0 bridgehead atoms. The molecule has 1 aliphatic rings. The molecule has 0 amide bonds. The van der Waals surface area contributed by atoms with Crippen LogP contribution in [0.25, 0.3) is 11.3 Å². The maximum atomic E-state index is 4.53. The molecule has 1 N–H and O–H groups in total. The Morgan fingerprint density at radius 3 is 3.00 bits per heavy atom. The Bertz CT molecular complexity index is 605. The van der Waals surface area contributed by atoms with E-state index in [2.05, 4.69) is 53.4 Å². The molecular weight excluding hydrogens is 246 g/mol. The third-order valence-corrected chi connectivity index (χ3v) is 3.72. The van der Waals surface area contributed by atoms with Crippen molar-refractivity contribution in [3.05, 3.63) is 47.4 Å². The predicted octanol–water partition coefficient (Wildman–Crippen LogP) is 2.99. The van der Waals surface area contributed by atoms with E-state index in [4.69, 9.17) is 0 Å². The zero-order valence-corrected chi connectivity index (χ0v) is 12.2. The molecule has 0 aliphatic carbocycles. The Hall–Kier alpha value is -1.74. The van der Waals surface area contributed by atoms with Crippen molar-refractivity contribution in [2.75, 3.05) is 6.54 Å². The number of hydrogen-bond donors (Lipinski definition) is 1. The van der Waals surface area contributed by atoms with Crippen molar-refractivity contribution in [2.45, 2.75) is 33.2 Å². The van der Waals surface area contributed by atoms with Crippen LogP contribution in [0.1, 0.15) is 30.7 Å². The Balaban J connectivity index is 2.01. The van der Waals surface area contributed by atoms with E-state index in [0.29, 0.717) is 5.92 Å². The van der Waals surface area contributed by atoms with E-state index >= 15 is 0 Å². The van der Waals surface area contributed by atoms with Gasteiger partial charge in [-0.3, -0.25) is 0 Å². The largest absolute Gasteiger partial charge is 0.312 e. The van der Waals surface area contributed by atoms with E-state index in [1.54, 1.807) is 6.33 Å². The monoisotopic (exact) mass is 267 g/mol. The lowest BCUT2D eigenvalue weighted by Gasteiger charge is -2.19. The highest BCUT2D eigenvalue weighted by molar-refractivity contribution is 5.64. The lowest BCUT2D eigenvalue weighted by Crippen LogP contribution is -2.25. The molecule has 1 aliphatic heterocycles. The summed E-state index contributed by atoms with van der Waals surface area (Å²) in [6.45, 7) is 6.39. The third kappa shape index (κ3) is 2.73. The van der Waals surface area contributed by atoms with Gasteiger partial charge in [-0.1, -0.05) is 32.0 Å². The van der Waals surface area contributed by atoms with E-state index in [-0.39, 0.29) is 0 Å². The standard InChI is InChI=1S/C17H21N3/c1-12(2)8-13-4-3-5-14(9-13)17-15-10-18-7-6-16(15)19-11-20-17/h3-5,9,11-12,18H,6-8,10H2,1-2H3. The number of hydrogen-bond acceptors (Lipinski definition) is 3. The molecule has 1 aromatic heterocycles. The number of aromatic nitrogens is 2. The Labute approximate surface area is 120 Å². The zero-order chi connectivity index (χ0) is 13.9. The molecule has 2 aromatic rings. The first kappa shape index (κ1) is 13.3. The van der Waals surface area contributed by atoms with E-state index in [9.17, 15) is 0 Å². The van der Waals surface area contributed by atoms with Gasteiger partial charge in [0, 0.05) is 30.6 Å². The highest BCUT2D eigenvalue weighted by Gasteiger charge is 2.16. The van der Waals surface area contributed by atoms with Crippen LogP contribution < -0.4 is 5.32 Å². The molecule has 0 saturated heterocycles. The quantitative estimate of drug-likeness (QED) is 0.929. The smallest absolute Gasteiger partial charge is 0.116 e. The highest BCUT2D eigenvalue weighted by atomic mass is 14.9. The SMILES string of the molecule is CC(C)Cc1cccc(-c2ncnc3c2CNCC3)c1. The molecule has 0 radical (unpaired) electrons. The first-order valence-corrected chi connectivity index (χ1v) is 7.37. The fourth-order valence-electron chi connectivity index (χ4n) is 2.84. The number of nitrogens with zero attached hydrogens (tertiary/aromatic N) is 2. The normalized spacial score (nSPS) is 14.3.